The van der Waals surface area contributed by atoms with E-state index < -0.39 is 0 Å². The van der Waals surface area contributed by atoms with Crippen LogP contribution in [0.15, 0.2) is 18.2 Å². The molecule has 1 atom stereocenters. The van der Waals surface area contributed by atoms with Crippen LogP contribution in [0.25, 0.3) is 0 Å². The van der Waals surface area contributed by atoms with E-state index in [0.29, 0.717) is 6.04 Å². The molecule has 1 heterocycles. The minimum Gasteiger partial charge on any atom is -0.314 e. The first-order chi connectivity index (χ1) is 7.75. The van der Waals surface area contributed by atoms with Crippen LogP contribution in [-0.4, -0.2) is 12.6 Å². The molecule has 0 aliphatic carbocycles. The van der Waals surface area contributed by atoms with E-state index in [4.69, 9.17) is 0 Å². The average molecular weight is 221 g/mol. The van der Waals surface area contributed by atoms with Gasteiger partial charge in [-0.05, 0) is 56.0 Å². The second-order valence-electron chi connectivity index (χ2n) is 4.78. The lowest BCUT2D eigenvalue weighted by atomic mass is 9.98. The van der Waals surface area contributed by atoms with Gasteiger partial charge in [0.2, 0.25) is 0 Å². The molecule has 1 aromatic rings. The van der Waals surface area contributed by atoms with Gasteiger partial charge in [-0.3, -0.25) is 0 Å². The van der Waals surface area contributed by atoms with Crippen molar-refractivity contribution in [1.82, 2.24) is 5.32 Å². The van der Waals surface area contributed by atoms with E-state index in [9.17, 15) is 4.39 Å². The lowest BCUT2D eigenvalue weighted by molar-refractivity contribution is 0.505. The maximum Gasteiger partial charge on any atom is 0.123 e. The Labute approximate surface area is 97.1 Å². The first-order valence-electron chi connectivity index (χ1n) is 6.24. The smallest absolute Gasteiger partial charge is 0.123 e. The van der Waals surface area contributed by atoms with Crippen molar-refractivity contribution < 1.29 is 4.39 Å². The standard InChI is InChI=1S/C14H20FN/c1-11-6-7-13(15)9-12(11)10-14-5-3-2-4-8-16-14/h6-7,9,14,16H,2-5,8,10H2,1H3. The summed E-state index contributed by atoms with van der Waals surface area (Å²) in [5, 5.41) is 3.55. The van der Waals surface area contributed by atoms with E-state index in [1.54, 1.807) is 12.1 Å². The van der Waals surface area contributed by atoms with E-state index in [2.05, 4.69) is 12.2 Å². The molecular formula is C14H20FN. The molecule has 2 heteroatoms. The van der Waals surface area contributed by atoms with Gasteiger partial charge >= 0.3 is 0 Å². The Morgan fingerprint density at radius 3 is 3.06 bits per heavy atom. The van der Waals surface area contributed by atoms with Crippen LogP contribution in [0.3, 0.4) is 0 Å². The lowest BCUT2D eigenvalue weighted by Crippen LogP contribution is -2.30. The van der Waals surface area contributed by atoms with Gasteiger partial charge in [0.1, 0.15) is 5.82 Å². The Hall–Kier alpha value is -0.890. The highest BCUT2D eigenvalue weighted by Crippen LogP contribution is 2.16. The molecule has 0 spiro atoms. The molecule has 1 N–H and O–H groups in total. The molecule has 88 valence electrons. The highest BCUT2D eigenvalue weighted by Gasteiger charge is 2.13. The Bertz CT molecular complexity index is 341. The van der Waals surface area contributed by atoms with Crippen molar-refractivity contribution in [3.05, 3.63) is 35.1 Å². The predicted octanol–water partition coefficient (Wildman–Crippen LogP) is 3.21. The Morgan fingerprint density at radius 2 is 2.19 bits per heavy atom. The summed E-state index contributed by atoms with van der Waals surface area (Å²) in [7, 11) is 0. The van der Waals surface area contributed by atoms with Crippen LogP contribution in [0, 0.1) is 12.7 Å². The third kappa shape index (κ3) is 3.05. The first kappa shape index (κ1) is 11.6. The van der Waals surface area contributed by atoms with Gasteiger partial charge < -0.3 is 5.32 Å². The van der Waals surface area contributed by atoms with Gasteiger partial charge in [0.25, 0.3) is 0 Å². The maximum absolute atomic E-state index is 13.2. The van der Waals surface area contributed by atoms with Gasteiger partial charge in [-0.25, -0.2) is 4.39 Å². The number of rotatable bonds is 2. The molecule has 1 nitrogen and oxygen atoms in total. The minimum absolute atomic E-state index is 0.116. The second kappa shape index (κ2) is 5.44. The van der Waals surface area contributed by atoms with Gasteiger partial charge in [0.05, 0.1) is 0 Å². The van der Waals surface area contributed by atoms with Crippen molar-refractivity contribution in [2.45, 2.75) is 45.1 Å². The largest absolute Gasteiger partial charge is 0.314 e. The summed E-state index contributed by atoms with van der Waals surface area (Å²) in [6.07, 6.45) is 6.08. The van der Waals surface area contributed by atoms with Crippen molar-refractivity contribution in [2.75, 3.05) is 6.54 Å². The molecule has 0 bridgehead atoms. The zero-order valence-electron chi connectivity index (χ0n) is 9.93. The minimum atomic E-state index is -0.116. The number of nitrogens with one attached hydrogen (secondary N) is 1. The second-order valence-corrected chi connectivity index (χ2v) is 4.78. The third-order valence-corrected chi connectivity index (χ3v) is 3.44. The van der Waals surface area contributed by atoms with Crippen LogP contribution in [0.1, 0.15) is 36.8 Å². The average Bonchev–Trinajstić information content (AvgIpc) is 2.52. The van der Waals surface area contributed by atoms with Crippen LogP contribution in [0.5, 0.6) is 0 Å². The number of halogens is 1. The van der Waals surface area contributed by atoms with E-state index in [1.807, 2.05) is 6.07 Å². The van der Waals surface area contributed by atoms with Crippen LogP contribution in [0.2, 0.25) is 0 Å². The molecule has 1 aliphatic rings. The third-order valence-electron chi connectivity index (χ3n) is 3.44. The molecule has 0 amide bonds. The molecule has 1 saturated heterocycles. The topological polar surface area (TPSA) is 12.0 Å². The first-order valence-corrected chi connectivity index (χ1v) is 6.24. The summed E-state index contributed by atoms with van der Waals surface area (Å²) in [5.74, 6) is -0.116. The molecule has 0 radical (unpaired) electrons. The summed E-state index contributed by atoms with van der Waals surface area (Å²) < 4.78 is 13.2. The summed E-state index contributed by atoms with van der Waals surface area (Å²) in [6, 6.07) is 5.63. The van der Waals surface area contributed by atoms with Crippen LogP contribution < -0.4 is 5.32 Å². The fraction of sp³-hybridized carbons (Fsp3) is 0.571. The fourth-order valence-electron chi connectivity index (χ4n) is 2.40. The maximum atomic E-state index is 13.2. The number of hydrogen-bond acceptors (Lipinski definition) is 1. The summed E-state index contributed by atoms with van der Waals surface area (Å²) in [4.78, 5) is 0. The highest BCUT2D eigenvalue weighted by molar-refractivity contribution is 5.27. The Morgan fingerprint density at radius 1 is 1.31 bits per heavy atom. The van der Waals surface area contributed by atoms with Gasteiger partial charge in [-0.15, -0.1) is 0 Å². The summed E-state index contributed by atoms with van der Waals surface area (Å²) in [6.45, 7) is 3.17. The van der Waals surface area contributed by atoms with Crippen molar-refractivity contribution in [3.63, 3.8) is 0 Å². The Kier molecular flexibility index (Phi) is 3.94. The lowest BCUT2D eigenvalue weighted by Gasteiger charge is -2.17. The zero-order chi connectivity index (χ0) is 11.4. The van der Waals surface area contributed by atoms with Gasteiger partial charge in [-0.2, -0.15) is 0 Å². The van der Waals surface area contributed by atoms with E-state index in [-0.39, 0.29) is 5.82 Å². The van der Waals surface area contributed by atoms with Gasteiger partial charge in [0, 0.05) is 6.04 Å². The molecule has 1 aliphatic heterocycles. The molecule has 0 saturated carbocycles. The number of benzene rings is 1. The fourth-order valence-corrected chi connectivity index (χ4v) is 2.40. The molecule has 2 rings (SSSR count). The van der Waals surface area contributed by atoms with Crippen molar-refractivity contribution in [3.8, 4) is 0 Å². The summed E-state index contributed by atoms with van der Waals surface area (Å²) >= 11 is 0. The summed E-state index contributed by atoms with van der Waals surface area (Å²) in [5.41, 5.74) is 2.35. The molecule has 1 unspecified atom stereocenters. The molecular weight excluding hydrogens is 201 g/mol. The number of aryl methyl sites for hydroxylation is 1. The predicted molar refractivity (Wildman–Crippen MR) is 65.1 cm³/mol. The van der Waals surface area contributed by atoms with Crippen molar-refractivity contribution >= 4 is 0 Å². The van der Waals surface area contributed by atoms with Gasteiger partial charge in [-0.1, -0.05) is 18.9 Å². The van der Waals surface area contributed by atoms with E-state index >= 15 is 0 Å². The molecule has 0 aromatic heterocycles. The van der Waals surface area contributed by atoms with Crippen LogP contribution in [-0.2, 0) is 6.42 Å². The molecule has 1 aromatic carbocycles. The van der Waals surface area contributed by atoms with Crippen molar-refractivity contribution in [1.29, 1.82) is 0 Å². The Balaban J connectivity index is 2.04. The molecule has 16 heavy (non-hydrogen) atoms. The van der Waals surface area contributed by atoms with E-state index in [1.165, 1.54) is 31.2 Å². The van der Waals surface area contributed by atoms with Crippen LogP contribution >= 0.6 is 0 Å². The highest BCUT2D eigenvalue weighted by atomic mass is 19.1. The normalized spacial score (nSPS) is 21.8. The van der Waals surface area contributed by atoms with Crippen LogP contribution in [0.4, 0.5) is 4.39 Å². The van der Waals surface area contributed by atoms with E-state index in [0.717, 1.165) is 18.5 Å². The number of hydrogen-bond donors (Lipinski definition) is 1. The SMILES string of the molecule is Cc1ccc(F)cc1CC1CCCCCN1. The molecule has 1 fully saturated rings. The monoisotopic (exact) mass is 221 g/mol. The zero-order valence-corrected chi connectivity index (χ0v) is 9.93. The quantitative estimate of drug-likeness (QED) is 0.808. The van der Waals surface area contributed by atoms with Crippen molar-refractivity contribution in [2.24, 2.45) is 0 Å². The van der Waals surface area contributed by atoms with Gasteiger partial charge in [0.15, 0.2) is 0 Å².